The lowest BCUT2D eigenvalue weighted by Gasteiger charge is -2.24. The number of carbonyl (C=O) groups excluding carboxylic acids is 4. The number of ether oxygens (including phenoxy) is 2. The van der Waals surface area contributed by atoms with Gasteiger partial charge in [0.2, 0.25) is 0 Å². The van der Waals surface area contributed by atoms with E-state index in [1.807, 2.05) is 0 Å². The van der Waals surface area contributed by atoms with Gasteiger partial charge in [-0.15, -0.1) is 0 Å². The van der Waals surface area contributed by atoms with Crippen molar-refractivity contribution in [2.75, 3.05) is 39.4 Å². The molecule has 1 aromatic carbocycles. The van der Waals surface area contributed by atoms with Crippen LogP contribution in [0.15, 0.2) is 36.4 Å². The van der Waals surface area contributed by atoms with E-state index in [9.17, 15) is 29.4 Å². The van der Waals surface area contributed by atoms with Gasteiger partial charge in [0, 0.05) is 23.9 Å². The Balaban J connectivity index is 1.97. The summed E-state index contributed by atoms with van der Waals surface area (Å²) in [6.07, 6.45) is 0. The Morgan fingerprint density at radius 1 is 0.643 bits per heavy atom. The quantitative estimate of drug-likeness (QED) is 0.268. The molecule has 2 amide bonds. The SMILES string of the molecule is CC(C)(C)OC(=O)CN(CCO)C(=O)c1ccc2ccc3ccc(C(=O)N(CCO)CC(=O)OC(C)(C)C)nc3c2n1. The number of carbonyl (C=O) groups is 4. The molecule has 0 saturated heterocycles. The first-order valence-electron chi connectivity index (χ1n) is 13.6. The number of nitrogens with zero attached hydrogens (tertiary/aromatic N) is 4. The summed E-state index contributed by atoms with van der Waals surface area (Å²) in [7, 11) is 0. The first-order chi connectivity index (χ1) is 19.6. The number of benzene rings is 1. The molecule has 0 aliphatic rings. The van der Waals surface area contributed by atoms with E-state index in [0.29, 0.717) is 21.8 Å². The van der Waals surface area contributed by atoms with Crippen molar-refractivity contribution < 1.29 is 38.9 Å². The number of aromatic nitrogens is 2. The molecule has 3 aromatic rings. The molecule has 2 aromatic heterocycles. The highest BCUT2D eigenvalue weighted by molar-refractivity contribution is 6.06. The summed E-state index contributed by atoms with van der Waals surface area (Å²) in [6.45, 7) is 8.58. The first-order valence-corrected chi connectivity index (χ1v) is 13.6. The molecule has 0 aliphatic heterocycles. The lowest BCUT2D eigenvalue weighted by atomic mass is 10.1. The van der Waals surface area contributed by atoms with Crippen LogP contribution in [0.5, 0.6) is 0 Å². The normalized spacial score (nSPS) is 11.8. The van der Waals surface area contributed by atoms with Crippen LogP contribution < -0.4 is 0 Å². The number of hydrogen-bond donors (Lipinski definition) is 2. The number of aliphatic hydroxyl groups is 2. The summed E-state index contributed by atoms with van der Waals surface area (Å²) in [6, 6.07) is 9.97. The zero-order valence-electron chi connectivity index (χ0n) is 24.8. The van der Waals surface area contributed by atoms with Crippen LogP contribution >= 0.6 is 0 Å². The Hall–Kier alpha value is -4.16. The van der Waals surface area contributed by atoms with Gasteiger partial charge in [0.15, 0.2) is 0 Å². The molecular formula is C30H38N4O8. The van der Waals surface area contributed by atoms with Crippen LogP contribution in [0.1, 0.15) is 62.5 Å². The summed E-state index contributed by atoms with van der Waals surface area (Å²) in [4.78, 5) is 62.9. The summed E-state index contributed by atoms with van der Waals surface area (Å²) in [5.74, 6) is -2.43. The smallest absolute Gasteiger partial charge is 0.326 e. The van der Waals surface area contributed by atoms with Crippen LogP contribution in [0, 0.1) is 0 Å². The van der Waals surface area contributed by atoms with Crippen LogP contribution in [-0.4, -0.2) is 104 Å². The van der Waals surface area contributed by atoms with Crippen molar-refractivity contribution in [2.45, 2.75) is 52.7 Å². The average Bonchev–Trinajstić information content (AvgIpc) is 2.89. The number of pyridine rings is 2. The molecule has 42 heavy (non-hydrogen) atoms. The van der Waals surface area contributed by atoms with E-state index in [1.165, 1.54) is 12.1 Å². The molecule has 0 unspecified atom stereocenters. The van der Waals surface area contributed by atoms with Gasteiger partial charge < -0.3 is 29.5 Å². The number of aliphatic hydroxyl groups excluding tert-OH is 2. The van der Waals surface area contributed by atoms with E-state index in [1.54, 1.807) is 65.8 Å². The van der Waals surface area contributed by atoms with Crippen molar-refractivity contribution in [3.63, 3.8) is 0 Å². The second-order valence-corrected chi connectivity index (χ2v) is 11.7. The van der Waals surface area contributed by atoms with Crippen molar-refractivity contribution in [2.24, 2.45) is 0 Å². The van der Waals surface area contributed by atoms with Gasteiger partial charge in [-0.25, -0.2) is 9.97 Å². The van der Waals surface area contributed by atoms with E-state index in [0.717, 1.165) is 9.80 Å². The van der Waals surface area contributed by atoms with E-state index in [-0.39, 0.29) is 50.8 Å². The molecule has 226 valence electrons. The Labute approximate surface area is 244 Å². The molecule has 0 saturated carbocycles. The van der Waals surface area contributed by atoms with Crippen LogP contribution in [0.2, 0.25) is 0 Å². The van der Waals surface area contributed by atoms with Crippen LogP contribution in [0.25, 0.3) is 21.8 Å². The van der Waals surface area contributed by atoms with Crippen molar-refractivity contribution in [1.29, 1.82) is 0 Å². The van der Waals surface area contributed by atoms with Gasteiger partial charge in [-0.05, 0) is 53.7 Å². The van der Waals surface area contributed by atoms with Gasteiger partial charge >= 0.3 is 11.9 Å². The first kappa shape index (κ1) is 32.4. The van der Waals surface area contributed by atoms with E-state index < -0.39 is 35.0 Å². The molecule has 12 heteroatoms. The zero-order valence-corrected chi connectivity index (χ0v) is 24.8. The van der Waals surface area contributed by atoms with E-state index >= 15 is 0 Å². The van der Waals surface area contributed by atoms with Crippen LogP contribution in [0.3, 0.4) is 0 Å². The Bertz CT molecular complexity index is 1370. The maximum atomic E-state index is 13.3. The second kappa shape index (κ2) is 13.2. The number of fused-ring (bicyclic) bond motifs is 3. The molecule has 0 aliphatic carbocycles. The Morgan fingerprint density at radius 3 is 1.29 bits per heavy atom. The van der Waals surface area contributed by atoms with Crippen molar-refractivity contribution in [3.8, 4) is 0 Å². The summed E-state index contributed by atoms with van der Waals surface area (Å²) in [5.41, 5.74) is -0.781. The third kappa shape index (κ3) is 8.67. The molecule has 0 fully saturated rings. The third-order valence-electron chi connectivity index (χ3n) is 5.75. The topological polar surface area (TPSA) is 159 Å². The molecule has 0 atom stereocenters. The Morgan fingerprint density at radius 2 is 0.976 bits per heavy atom. The third-order valence-corrected chi connectivity index (χ3v) is 5.75. The zero-order chi connectivity index (χ0) is 31.2. The summed E-state index contributed by atoms with van der Waals surface area (Å²) in [5, 5.41) is 20.3. The van der Waals surface area contributed by atoms with Gasteiger partial charge in [0.05, 0.1) is 24.2 Å². The maximum Gasteiger partial charge on any atom is 0.326 e. The molecular weight excluding hydrogens is 544 g/mol. The highest BCUT2D eigenvalue weighted by Gasteiger charge is 2.26. The minimum atomic E-state index is -0.744. The van der Waals surface area contributed by atoms with Crippen molar-refractivity contribution >= 4 is 45.6 Å². The highest BCUT2D eigenvalue weighted by atomic mass is 16.6. The van der Waals surface area contributed by atoms with E-state index in [4.69, 9.17) is 9.47 Å². The fourth-order valence-electron chi connectivity index (χ4n) is 4.14. The van der Waals surface area contributed by atoms with Gasteiger partial charge in [0.1, 0.15) is 35.7 Å². The number of esters is 2. The summed E-state index contributed by atoms with van der Waals surface area (Å²) >= 11 is 0. The van der Waals surface area contributed by atoms with E-state index in [2.05, 4.69) is 9.97 Å². The number of amides is 2. The maximum absolute atomic E-state index is 13.3. The lowest BCUT2D eigenvalue weighted by molar-refractivity contribution is -0.156. The van der Waals surface area contributed by atoms with Gasteiger partial charge in [-0.2, -0.15) is 0 Å². The van der Waals surface area contributed by atoms with Crippen LogP contribution in [0.4, 0.5) is 0 Å². The predicted molar refractivity (Wildman–Crippen MR) is 155 cm³/mol. The predicted octanol–water partition coefficient (Wildman–Crippen LogP) is 2.34. The lowest BCUT2D eigenvalue weighted by Crippen LogP contribution is -2.40. The average molecular weight is 583 g/mol. The largest absolute Gasteiger partial charge is 0.459 e. The number of hydrogen-bond acceptors (Lipinski definition) is 10. The van der Waals surface area contributed by atoms with Gasteiger partial charge in [-0.3, -0.25) is 19.2 Å². The van der Waals surface area contributed by atoms with Crippen molar-refractivity contribution in [3.05, 3.63) is 47.8 Å². The fraction of sp³-hybridized carbons (Fsp3) is 0.467. The van der Waals surface area contributed by atoms with Gasteiger partial charge in [0.25, 0.3) is 11.8 Å². The minimum absolute atomic E-state index is 0.0115. The molecule has 0 bridgehead atoms. The second-order valence-electron chi connectivity index (χ2n) is 11.7. The fourth-order valence-corrected chi connectivity index (χ4v) is 4.14. The Kier molecular flexibility index (Phi) is 10.2. The van der Waals surface area contributed by atoms with Gasteiger partial charge in [-0.1, -0.05) is 24.3 Å². The molecule has 0 radical (unpaired) electrons. The van der Waals surface area contributed by atoms with Crippen LogP contribution in [-0.2, 0) is 19.1 Å². The minimum Gasteiger partial charge on any atom is -0.459 e. The molecule has 2 heterocycles. The molecule has 3 rings (SSSR count). The standard InChI is InChI=1S/C30H38N4O8/c1-29(2,3)41-23(37)17-33(13-15-35)27(39)21-11-9-19-7-8-20-10-12-22(32-26(20)25(19)31-21)28(40)34(14-16-36)18-24(38)42-30(4,5)6/h7-12,35-36H,13-18H2,1-6H3. The monoisotopic (exact) mass is 582 g/mol. The molecule has 2 N–H and O–H groups in total. The summed E-state index contributed by atoms with van der Waals surface area (Å²) < 4.78 is 10.6. The molecule has 0 spiro atoms. The molecule has 12 nitrogen and oxygen atoms in total. The number of rotatable bonds is 10. The highest BCUT2D eigenvalue weighted by Crippen LogP contribution is 2.24. The van der Waals surface area contributed by atoms with Crippen molar-refractivity contribution in [1.82, 2.24) is 19.8 Å².